The van der Waals surface area contributed by atoms with Gasteiger partial charge in [0, 0.05) is 0 Å². The number of ether oxygens (including phenoxy) is 2. The third kappa shape index (κ3) is 4.24. The van der Waals surface area contributed by atoms with Gasteiger partial charge in [0.25, 0.3) is 10.0 Å². The summed E-state index contributed by atoms with van der Waals surface area (Å²) >= 11 is 3.33. The highest BCUT2D eigenvalue weighted by molar-refractivity contribution is 9.10. The standard InChI is InChI=1S/C15H14BrFN2O4S/c1-22-14-8-10(7-13(16)15(14)23-2)9-18-19-24(20,21)12-5-3-11(17)4-6-12/h3-9,19H,1-2H3/b18-9+. The molecule has 0 aliphatic rings. The van der Waals surface area contributed by atoms with Gasteiger partial charge in [0.15, 0.2) is 11.5 Å². The molecule has 0 unspecified atom stereocenters. The summed E-state index contributed by atoms with van der Waals surface area (Å²) in [6.07, 6.45) is 1.31. The maximum Gasteiger partial charge on any atom is 0.276 e. The minimum Gasteiger partial charge on any atom is -0.493 e. The maximum atomic E-state index is 12.8. The third-order valence-electron chi connectivity index (χ3n) is 2.97. The lowest BCUT2D eigenvalue weighted by molar-refractivity contribution is 0.353. The zero-order valence-corrected chi connectivity index (χ0v) is 15.2. The molecule has 2 rings (SSSR count). The van der Waals surface area contributed by atoms with Crippen LogP contribution in [-0.4, -0.2) is 28.9 Å². The Morgan fingerprint density at radius 3 is 2.42 bits per heavy atom. The fourth-order valence-corrected chi connectivity index (χ4v) is 3.26. The molecule has 0 atom stereocenters. The molecule has 0 amide bonds. The van der Waals surface area contributed by atoms with Crippen LogP contribution in [-0.2, 0) is 10.0 Å². The van der Waals surface area contributed by atoms with Crippen molar-refractivity contribution >= 4 is 32.2 Å². The van der Waals surface area contributed by atoms with E-state index in [-0.39, 0.29) is 4.90 Å². The van der Waals surface area contributed by atoms with Gasteiger partial charge in [0.2, 0.25) is 0 Å². The molecule has 0 saturated heterocycles. The summed E-state index contributed by atoms with van der Waals surface area (Å²) in [5.74, 6) is 0.462. The van der Waals surface area contributed by atoms with Gasteiger partial charge in [-0.25, -0.2) is 9.22 Å². The number of benzene rings is 2. The highest BCUT2D eigenvalue weighted by Gasteiger charge is 2.13. The molecule has 6 nitrogen and oxygen atoms in total. The second-order valence-corrected chi connectivity index (χ2v) is 7.06. The first kappa shape index (κ1) is 18.2. The summed E-state index contributed by atoms with van der Waals surface area (Å²) in [7, 11) is -0.872. The van der Waals surface area contributed by atoms with Crippen molar-refractivity contribution in [1.82, 2.24) is 4.83 Å². The first-order chi connectivity index (χ1) is 11.4. The number of methoxy groups -OCH3 is 2. The van der Waals surface area contributed by atoms with E-state index in [1.54, 1.807) is 12.1 Å². The van der Waals surface area contributed by atoms with Crippen LogP contribution in [0.25, 0.3) is 0 Å². The van der Waals surface area contributed by atoms with E-state index in [9.17, 15) is 12.8 Å². The maximum absolute atomic E-state index is 12.8. The second kappa shape index (κ2) is 7.63. The Morgan fingerprint density at radius 2 is 1.83 bits per heavy atom. The molecule has 0 saturated carbocycles. The third-order valence-corrected chi connectivity index (χ3v) is 4.79. The van der Waals surface area contributed by atoms with E-state index >= 15 is 0 Å². The van der Waals surface area contributed by atoms with Gasteiger partial charge in [0.05, 0.1) is 29.8 Å². The molecule has 9 heteroatoms. The monoisotopic (exact) mass is 416 g/mol. The van der Waals surface area contributed by atoms with Gasteiger partial charge in [-0.1, -0.05) is 0 Å². The molecule has 1 N–H and O–H groups in total. The van der Waals surface area contributed by atoms with Crippen molar-refractivity contribution in [1.29, 1.82) is 0 Å². The molecule has 0 fully saturated rings. The molecule has 0 spiro atoms. The number of hydrazone groups is 1. The topological polar surface area (TPSA) is 77.0 Å². The van der Waals surface area contributed by atoms with Crippen molar-refractivity contribution in [3.05, 3.63) is 52.3 Å². The lowest BCUT2D eigenvalue weighted by atomic mass is 10.2. The summed E-state index contributed by atoms with van der Waals surface area (Å²) in [6, 6.07) is 7.75. The highest BCUT2D eigenvalue weighted by Crippen LogP contribution is 2.35. The molecular weight excluding hydrogens is 403 g/mol. The van der Waals surface area contributed by atoms with E-state index < -0.39 is 15.8 Å². The van der Waals surface area contributed by atoms with E-state index in [2.05, 4.69) is 25.9 Å². The number of rotatable bonds is 6. The van der Waals surface area contributed by atoms with Crippen molar-refractivity contribution in [3.63, 3.8) is 0 Å². The second-order valence-electron chi connectivity index (χ2n) is 4.55. The molecule has 2 aromatic rings. The first-order valence-electron chi connectivity index (χ1n) is 6.59. The summed E-state index contributed by atoms with van der Waals surface area (Å²) in [5.41, 5.74) is 0.585. The van der Waals surface area contributed by atoms with E-state index in [1.165, 1.54) is 20.4 Å². The SMILES string of the molecule is COc1cc(/C=N/NS(=O)(=O)c2ccc(F)cc2)cc(Br)c1OC. The molecule has 0 aliphatic carbocycles. The van der Waals surface area contributed by atoms with E-state index in [0.717, 1.165) is 24.3 Å². The largest absolute Gasteiger partial charge is 0.493 e. The van der Waals surface area contributed by atoms with Crippen LogP contribution in [0.2, 0.25) is 0 Å². The van der Waals surface area contributed by atoms with E-state index in [0.29, 0.717) is 21.5 Å². The Morgan fingerprint density at radius 1 is 1.17 bits per heavy atom. The molecular formula is C15H14BrFN2O4S. The van der Waals surface area contributed by atoms with Crippen molar-refractivity contribution in [2.24, 2.45) is 5.10 Å². The fraction of sp³-hybridized carbons (Fsp3) is 0.133. The normalized spacial score (nSPS) is 11.5. The van der Waals surface area contributed by atoms with Crippen LogP contribution >= 0.6 is 15.9 Å². The molecule has 2 aromatic carbocycles. The molecule has 24 heavy (non-hydrogen) atoms. The van der Waals surface area contributed by atoms with Gasteiger partial charge in [0.1, 0.15) is 5.82 Å². The average Bonchev–Trinajstić information content (AvgIpc) is 2.54. The van der Waals surface area contributed by atoms with E-state index in [1.807, 2.05) is 0 Å². The predicted octanol–water partition coefficient (Wildman–Crippen LogP) is 2.92. The number of nitrogens with one attached hydrogen (secondary N) is 1. The van der Waals surface area contributed by atoms with Crippen LogP contribution in [0, 0.1) is 5.82 Å². The minimum atomic E-state index is -3.87. The van der Waals surface area contributed by atoms with Gasteiger partial charge in [-0.05, 0) is 57.9 Å². The number of hydrogen-bond donors (Lipinski definition) is 1. The lowest BCUT2D eigenvalue weighted by Gasteiger charge is -2.10. The Hall–Kier alpha value is -2.13. The summed E-state index contributed by atoms with van der Waals surface area (Å²) < 4.78 is 47.9. The molecule has 0 bridgehead atoms. The molecule has 0 radical (unpaired) electrons. The summed E-state index contributed by atoms with van der Waals surface area (Å²) in [6.45, 7) is 0. The Balaban J connectivity index is 2.19. The molecule has 0 heterocycles. The molecule has 0 aromatic heterocycles. The van der Waals surface area contributed by atoms with Gasteiger partial charge in [-0.15, -0.1) is 0 Å². The van der Waals surface area contributed by atoms with Crippen LogP contribution in [0.15, 0.2) is 50.9 Å². The van der Waals surface area contributed by atoms with E-state index in [4.69, 9.17) is 9.47 Å². The van der Waals surface area contributed by atoms with Gasteiger partial charge in [-0.2, -0.15) is 13.5 Å². The lowest BCUT2D eigenvalue weighted by Crippen LogP contribution is -2.18. The Kier molecular flexibility index (Phi) is 5.79. The zero-order valence-electron chi connectivity index (χ0n) is 12.8. The number of hydrogen-bond acceptors (Lipinski definition) is 5. The Bertz CT molecular complexity index is 855. The van der Waals surface area contributed by atoms with Crippen molar-refractivity contribution < 1.29 is 22.3 Å². The van der Waals surface area contributed by atoms with Crippen LogP contribution in [0.5, 0.6) is 11.5 Å². The number of halogens is 2. The fourth-order valence-electron chi connectivity index (χ4n) is 1.85. The first-order valence-corrected chi connectivity index (χ1v) is 8.87. The zero-order chi connectivity index (χ0) is 17.7. The molecule has 128 valence electrons. The Labute approximate surface area is 147 Å². The highest BCUT2D eigenvalue weighted by atomic mass is 79.9. The summed E-state index contributed by atoms with van der Waals surface area (Å²) in [4.78, 5) is 1.97. The van der Waals surface area contributed by atoms with Crippen molar-refractivity contribution in [2.75, 3.05) is 14.2 Å². The van der Waals surface area contributed by atoms with Gasteiger partial charge < -0.3 is 9.47 Å². The van der Waals surface area contributed by atoms with Crippen LogP contribution in [0.3, 0.4) is 0 Å². The predicted molar refractivity (Wildman–Crippen MR) is 91.6 cm³/mol. The molecule has 0 aliphatic heterocycles. The number of nitrogens with zero attached hydrogens (tertiary/aromatic N) is 1. The average molecular weight is 417 g/mol. The van der Waals surface area contributed by atoms with Gasteiger partial charge in [-0.3, -0.25) is 0 Å². The number of sulfonamides is 1. The van der Waals surface area contributed by atoms with Crippen LogP contribution in [0.1, 0.15) is 5.56 Å². The summed E-state index contributed by atoms with van der Waals surface area (Å²) in [5, 5.41) is 3.71. The van der Waals surface area contributed by atoms with Crippen molar-refractivity contribution in [3.8, 4) is 11.5 Å². The van der Waals surface area contributed by atoms with Crippen LogP contribution < -0.4 is 14.3 Å². The minimum absolute atomic E-state index is 0.0884. The van der Waals surface area contributed by atoms with Gasteiger partial charge >= 0.3 is 0 Å². The van der Waals surface area contributed by atoms with Crippen LogP contribution in [0.4, 0.5) is 4.39 Å². The quantitative estimate of drug-likeness (QED) is 0.579. The van der Waals surface area contributed by atoms with Crippen molar-refractivity contribution in [2.45, 2.75) is 4.90 Å². The smallest absolute Gasteiger partial charge is 0.276 e.